The smallest absolute Gasteiger partial charge is 0.306 e. The number of carboxylic acids is 1. The number of aliphatic carboxylic acids is 1. The summed E-state index contributed by atoms with van der Waals surface area (Å²) < 4.78 is 11.6. The standard InChI is InChI=1S/C18H23NO5/c1-19(17(20)12-6-8-13(9-7-12)18(21)22)10-14-11-23-15-4-2-3-5-16(15)24-14/h2-5,12-14H,6-11H2,1H3,(H,21,22). The monoisotopic (exact) mass is 333 g/mol. The van der Waals surface area contributed by atoms with E-state index >= 15 is 0 Å². The number of carbonyl (C=O) groups excluding carboxylic acids is 1. The molecule has 0 radical (unpaired) electrons. The molecule has 1 aliphatic heterocycles. The van der Waals surface area contributed by atoms with E-state index in [1.807, 2.05) is 24.3 Å². The van der Waals surface area contributed by atoms with E-state index in [-0.39, 0.29) is 23.8 Å². The molecule has 1 unspecified atom stereocenters. The first-order valence-corrected chi connectivity index (χ1v) is 8.41. The van der Waals surface area contributed by atoms with Crippen LogP contribution < -0.4 is 9.47 Å². The van der Waals surface area contributed by atoms with Crippen molar-refractivity contribution in [3.63, 3.8) is 0 Å². The van der Waals surface area contributed by atoms with Gasteiger partial charge in [-0.15, -0.1) is 0 Å². The van der Waals surface area contributed by atoms with Gasteiger partial charge in [0, 0.05) is 13.0 Å². The van der Waals surface area contributed by atoms with Gasteiger partial charge in [-0.2, -0.15) is 0 Å². The molecule has 1 saturated carbocycles. The third-order valence-corrected chi connectivity index (χ3v) is 4.85. The summed E-state index contributed by atoms with van der Waals surface area (Å²) >= 11 is 0. The Morgan fingerprint density at radius 1 is 1.12 bits per heavy atom. The summed E-state index contributed by atoms with van der Waals surface area (Å²) in [5.74, 6) is 0.376. The fourth-order valence-corrected chi connectivity index (χ4v) is 3.45. The van der Waals surface area contributed by atoms with Gasteiger partial charge in [0.1, 0.15) is 6.61 Å². The normalized spacial score (nSPS) is 25.8. The van der Waals surface area contributed by atoms with Crippen LogP contribution >= 0.6 is 0 Å². The maximum absolute atomic E-state index is 12.6. The molecule has 6 nitrogen and oxygen atoms in total. The van der Waals surface area contributed by atoms with Crippen molar-refractivity contribution in [1.29, 1.82) is 0 Å². The van der Waals surface area contributed by atoms with Crippen LogP contribution in [0.25, 0.3) is 0 Å². The van der Waals surface area contributed by atoms with Crippen molar-refractivity contribution < 1.29 is 24.2 Å². The fourth-order valence-electron chi connectivity index (χ4n) is 3.45. The van der Waals surface area contributed by atoms with Gasteiger partial charge in [-0.05, 0) is 37.8 Å². The highest BCUT2D eigenvalue weighted by atomic mass is 16.6. The number of ether oxygens (including phenoxy) is 2. The van der Waals surface area contributed by atoms with E-state index in [0.29, 0.717) is 44.6 Å². The number of carboxylic acid groups (broad SMARTS) is 1. The Morgan fingerprint density at radius 2 is 1.75 bits per heavy atom. The van der Waals surface area contributed by atoms with E-state index in [4.69, 9.17) is 14.6 Å². The molecule has 3 rings (SSSR count). The number of benzene rings is 1. The summed E-state index contributed by atoms with van der Waals surface area (Å²) in [5.41, 5.74) is 0. The minimum absolute atomic E-state index is 0.0706. The van der Waals surface area contributed by atoms with E-state index in [0.717, 1.165) is 5.75 Å². The molecule has 130 valence electrons. The molecule has 1 amide bonds. The molecule has 0 spiro atoms. The number of carbonyl (C=O) groups is 2. The Labute approximate surface area is 141 Å². The average Bonchev–Trinajstić information content (AvgIpc) is 2.61. The van der Waals surface area contributed by atoms with E-state index < -0.39 is 5.97 Å². The first-order valence-electron chi connectivity index (χ1n) is 8.41. The number of likely N-dealkylation sites (N-methyl/N-ethyl adjacent to an activating group) is 1. The quantitative estimate of drug-likeness (QED) is 0.914. The lowest BCUT2D eigenvalue weighted by Gasteiger charge is -2.32. The minimum atomic E-state index is -0.749. The molecule has 2 aliphatic rings. The van der Waals surface area contributed by atoms with Gasteiger partial charge in [0.05, 0.1) is 12.5 Å². The zero-order chi connectivity index (χ0) is 17.1. The number of amides is 1. The average molecular weight is 333 g/mol. The van der Waals surface area contributed by atoms with Gasteiger partial charge in [0.25, 0.3) is 0 Å². The van der Waals surface area contributed by atoms with Crippen LogP contribution in [0.4, 0.5) is 0 Å². The molecule has 1 fully saturated rings. The van der Waals surface area contributed by atoms with Crippen molar-refractivity contribution >= 4 is 11.9 Å². The second kappa shape index (κ2) is 7.11. The van der Waals surface area contributed by atoms with Gasteiger partial charge >= 0.3 is 5.97 Å². The topological polar surface area (TPSA) is 76.1 Å². The predicted octanol–water partition coefficient (Wildman–Crippen LogP) is 2.18. The largest absolute Gasteiger partial charge is 0.486 e. The first-order chi connectivity index (χ1) is 11.5. The Kier molecular flexibility index (Phi) is 4.92. The second-order valence-electron chi connectivity index (χ2n) is 6.60. The fraction of sp³-hybridized carbons (Fsp3) is 0.556. The van der Waals surface area contributed by atoms with E-state index in [1.54, 1.807) is 11.9 Å². The Hall–Kier alpha value is -2.24. The summed E-state index contributed by atoms with van der Waals surface area (Å²) in [7, 11) is 1.77. The molecule has 0 saturated heterocycles. The highest BCUT2D eigenvalue weighted by Crippen LogP contribution is 2.32. The Morgan fingerprint density at radius 3 is 2.42 bits per heavy atom. The van der Waals surface area contributed by atoms with Gasteiger partial charge in [0.2, 0.25) is 5.91 Å². The van der Waals surface area contributed by atoms with Gasteiger partial charge in [-0.1, -0.05) is 12.1 Å². The van der Waals surface area contributed by atoms with E-state index in [2.05, 4.69) is 0 Å². The second-order valence-corrected chi connectivity index (χ2v) is 6.60. The summed E-state index contributed by atoms with van der Waals surface area (Å²) in [6.07, 6.45) is 2.26. The lowest BCUT2D eigenvalue weighted by molar-refractivity contribution is -0.145. The predicted molar refractivity (Wildman–Crippen MR) is 87.1 cm³/mol. The number of fused-ring (bicyclic) bond motifs is 1. The molecule has 24 heavy (non-hydrogen) atoms. The molecular weight excluding hydrogens is 310 g/mol. The van der Waals surface area contributed by atoms with Crippen LogP contribution in [0, 0.1) is 11.8 Å². The lowest BCUT2D eigenvalue weighted by Crippen LogP contribution is -2.44. The third-order valence-electron chi connectivity index (χ3n) is 4.85. The molecule has 1 atom stereocenters. The number of para-hydroxylation sites is 2. The number of hydrogen-bond acceptors (Lipinski definition) is 4. The van der Waals surface area contributed by atoms with Crippen molar-refractivity contribution in [1.82, 2.24) is 4.90 Å². The highest BCUT2D eigenvalue weighted by Gasteiger charge is 2.32. The third kappa shape index (κ3) is 3.63. The van der Waals surface area contributed by atoms with Crippen LogP contribution in [-0.4, -0.2) is 48.2 Å². The van der Waals surface area contributed by atoms with Crippen LogP contribution in [-0.2, 0) is 9.59 Å². The zero-order valence-electron chi connectivity index (χ0n) is 13.8. The summed E-state index contributed by atoms with van der Waals surface area (Å²) in [6, 6.07) is 7.50. The van der Waals surface area contributed by atoms with Crippen molar-refractivity contribution in [3.05, 3.63) is 24.3 Å². The highest BCUT2D eigenvalue weighted by molar-refractivity contribution is 5.79. The molecule has 1 aromatic carbocycles. The number of nitrogens with zero attached hydrogens (tertiary/aromatic N) is 1. The first kappa shape index (κ1) is 16.6. The summed E-state index contributed by atoms with van der Waals surface area (Å²) in [4.78, 5) is 25.3. The summed E-state index contributed by atoms with van der Waals surface area (Å²) in [6.45, 7) is 0.881. The number of hydrogen-bond donors (Lipinski definition) is 1. The van der Waals surface area contributed by atoms with Crippen molar-refractivity contribution in [2.24, 2.45) is 11.8 Å². The molecule has 1 aliphatic carbocycles. The van der Waals surface area contributed by atoms with Gasteiger partial charge in [-0.25, -0.2) is 0 Å². The molecule has 0 bridgehead atoms. The van der Waals surface area contributed by atoms with Crippen LogP contribution in [0.5, 0.6) is 11.5 Å². The minimum Gasteiger partial charge on any atom is -0.486 e. The molecule has 1 aromatic rings. The molecule has 6 heteroatoms. The molecule has 1 heterocycles. The van der Waals surface area contributed by atoms with Crippen molar-refractivity contribution in [2.45, 2.75) is 31.8 Å². The lowest BCUT2D eigenvalue weighted by atomic mass is 9.81. The van der Waals surface area contributed by atoms with Crippen LogP contribution in [0.3, 0.4) is 0 Å². The molecule has 1 N–H and O–H groups in total. The van der Waals surface area contributed by atoms with Crippen LogP contribution in [0.15, 0.2) is 24.3 Å². The zero-order valence-corrected chi connectivity index (χ0v) is 13.8. The van der Waals surface area contributed by atoms with E-state index in [1.165, 1.54) is 0 Å². The van der Waals surface area contributed by atoms with Crippen LogP contribution in [0.2, 0.25) is 0 Å². The molecule has 0 aromatic heterocycles. The van der Waals surface area contributed by atoms with Gasteiger partial charge < -0.3 is 19.5 Å². The molecular formula is C18H23NO5. The van der Waals surface area contributed by atoms with Gasteiger partial charge in [-0.3, -0.25) is 9.59 Å². The van der Waals surface area contributed by atoms with Crippen molar-refractivity contribution in [3.8, 4) is 11.5 Å². The Balaban J connectivity index is 1.51. The Bertz CT molecular complexity index is 609. The van der Waals surface area contributed by atoms with Crippen molar-refractivity contribution in [2.75, 3.05) is 20.2 Å². The summed E-state index contributed by atoms with van der Waals surface area (Å²) in [5, 5.41) is 9.04. The maximum atomic E-state index is 12.6. The SMILES string of the molecule is CN(CC1COc2ccccc2O1)C(=O)C1CCC(C(=O)O)CC1. The van der Waals surface area contributed by atoms with Crippen LogP contribution in [0.1, 0.15) is 25.7 Å². The van der Waals surface area contributed by atoms with E-state index in [9.17, 15) is 9.59 Å². The number of rotatable bonds is 4. The maximum Gasteiger partial charge on any atom is 0.306 e. The van der Waals surface area contributed by atoms with Gasteiger partial charge in [0.15, 0.2) is 17.6 Å².